The highest BCUT2D eigenvalue weighted by Gasteiger charge is 2.37. The summed E-state index contributed by atoms with van der Waals surface area (Å²) in [5.74, 6) is 1.41. The van der Waals surface area contributed by atoms with E-state index in [1.807, 2.05) is 62.4 Å². The molecule has 1 atom stereocenters. The van der Waals surface area contributed by atoms with Gasteiger partial charge in [-0.2, -0.15) is 5.26 Å². The van der Waals surface area contributed by atoms with Crippen molar-refractivity contribution in [3.63, 3.8) is 0 Å². The van der Waals surface area contributed by atoms with Gasteiger partial charge in [-0.05, 0) is 44.2 Å². The average Bonchev–Trinajstić information content (AvgIpc) is 3.17. The van der Waals surface area contributed by atoms with Crippen molar-refractivity contribution >= 4 is 0 Å². The average molecular weight is 402 g/mol. The third-order valence-electron chi connectivity index (χ3n) is 4.92. The third-order valence-corrected chi connectivity index (χ3v) is 4.92. The maximum absolute atomic E-state index is 9.88. The Balaban J connectivity index is 1.88. The van der Waals surface area contributed by atoms with Gasteiger partial charge in [-0.3, -0.25) is 5.10 Å². The monoisotopic (exact) mass is 402 g/mol. The molecule has 0 aliphatic carbocycles. The molecule has 7 heteroatoms. The van der Waals surface area contributed by atoms with Gasteiger partial charge in [-0.1, -0.05) is 18.2 Å². The van der Waals surface area contributed by atoms with Gasteiger partial charge in [0.05, 0.1) is 30.4 Å². The van der Waals surface area contributed by atoms with Crippen LogP contribution in [0.3, 0.4) is 0 Å². The summed E-state index contributed by atoms with van der Waals surface area (Å²) in [6.45, 7) is 4.96. The summed E-state index contributed by atoms with van der Waals surface area (Å²) in [5, 5.41) is 17.2. The first-order chi connectivity index (χ1) is 14.7. The summed E-state index contributed by atoms with van der Waals surface area (Å²) in [6, 6.07) is 17.5. The summed E-state index contributed by atoms with van der Waals surface area (Å²) >= 11 is 0. The van der Waals surface area contributed by atoms with Gasteiger partial charge in [-0.25, -0.2) is 0 Å². The van der Waals surface area contributed by atoms with Crippen LogP contribution >= 0.6 is 0 Å². The Bertz CT molecular complexity index is 1130. The van der Waals surface area contributed by atoms with Crippen molar-refractivity contribution in [2.24, 2.45) is 5.73 Å². The van der Waals surface area contributed by atoms with Gasteiger partial charge in [0, 0.05) is 11.1 Å². The predicted octanol–water partition coefficient (Wildman–Crippen LogP) is 4.09. The Morgan fingerprint density at radius 3 is 2.53 bits per heavy atom. The molecule has 2 heterocycles. The lowest BCUT2D eigenvalue weighted by Crippen LogP contribution is -2.21. The van der Waals surface area contributed by atoms with Crippen LogP contribution in [0.4, 0.5) is 0 Å². The summed E-state index contributed by atoms with van der Waals surface area (Å²) in [4.78, 5) is 0. The van der Waals surface area contributed by atoms with Gasteiger partial charge in [-0.15, -0.1) is 5.10 Å². The molecule has 0 bridgehead atoms. The molecule has 0 saturated carbocycles. The lowest BCUT2D eigenvalue weighted by molar-refractivity contribution is 0.334. The highest BCUT2D eigenvalue weighted by atomic mass is 16.5. The second kappa shape index (κ2) is 8.21. The first kappa shape index (κ1) is 19.4. The molecule has 3 aromatic rings. The number of ether oxygens (including phenoxy) is 3. The number of nitrogens with one attached hydrogen (secondary N) is 1. The molecule has 0 saturated heterocycles. The summed E-state index contributed by atoms with van der Waals surface area (Å²) in [7, 11) is 0. The van der Waals surface area contributed by atoms with E-state index >= 15 is 0 Å². The fourth-order valence-corrected chi connectivity index (χ4v) is 3.67. The van der Waals surface area contributed by atoms with Crippen LogP contribution in [0.1, 0.15) is 30.9 Å². The van der Waals surface area contributed by atoms with Crippen LogP contribution in [0, 0.1) is 11.3 Å². The van der Waals surface area contributed by atoms with E-state index in [4.69, 9.17) is 19.9 Å². The molecule has 0 radical (unpaired) electrons. The third kappa shape index (κ3) is 3.33. The largest absolute Gasteiger partial charge is 0.494 e. The second-order valence-corrected chi connectivity index (χ2v) is 6.67. The first-order valence-corrected chi connectivity index (χ1v) is 9.78. The van der Waals surface area contributed by atoms with Gasteiger partial charge >= 0.3 is 0 Å². The number of fused-ring (bicyclic) bond motifs is 1. The van der Waals surface area contributed by atoms with Crippen molar-refractivity contribution in [2.75, 3.05) is 13.2 Å². The van der Waals surface area contributed by atoms with E-state index in [2.05, 4.69) is 16.3 Å². The topological polar surface area (TPSA) is 106 Å². The van der Waals surface area contributed by atoms with Crippen LogP contribution in [-0.2, 0) is 0 Å². The normalized spacial score (nSPS) is 15.2. The zero-order valence-corrected chi connectivity index (χ0v) is 16.8. The van der Waals surface area contributed by atoms with Crippen LogP contribution < -0.4 is 19.9 Å². The number of benzene rings is 2. The zero-order valence-electron chi connectivity index (χ0n) is 16.8. The number of nitrogens with two attached hydrogens (primary N) is 1. The molecular weight excluding hydrogens is 380 g/mol. The number of aromatic amines is 1. The van der Waals surface area contributed by atoms with Crippen LogP contribution in [0.15, 0.2) is 60.0 Å². The molecule has 0 fully saturated rings. The fraction of sp³-hybridized carbons (Fsp3) is 0.217. The number of H-pyrrole nitrogens is 1. The summed E-state index contributed by atoms with van der Waals surface area (Å²) in [6.07, 6.45) is 0. The van der Waals surface area contributed by atoms with Crippen molar-refractivity contribution in [1.82, 2.24) is 10.2 Å². The molecular formula is C23H22N4O3. The molecule has 7 nitrogen and oxygen atoms in total. The minimum atomic E-state index is -0.471. The van der Waals surface area contributed by atoms with Crippen molar-refractivity contribution < 1.29 is 14.2 Å². The highest BCUT2D eigenvalue weighted by Crippen LogP contribution is 2.47. The molecule has 30 heavy (non-hydrogen) atoms. The fourth-order valence-electron chi connectivity index (χ4n) is 3.67. The molecule has 1 aromatic heterocycles. The molecule has 0 amide bonds. The van der Waals surface area contributed by atoms with E-state index in [9.17, 15) is 5.26 Å². The van der Waals surface area contributed by atoms with Crippen LogP contribution in [-0.4, -0.2) is 23.4 Å². The minimum absolute atomic E-state index is 0.0473. The molecule has 2 aromatic carbocycles. The van der Waals surface area contributed by atoms with Gasteiger partial charge < -0.3 is 19.9 Å². The van der Waals surface area contributed by atoms with E-state index in [0.717, 1.165) is 28.1 Å². The van der Waals surface area contributed by atoms with Crippen molar-refractivity contribution in [1.29, 1.82) is 5.26 Å². The van der Waals surface area contributed by atoms with Crippen molar-refractivity contribution in [2.45, 2.75) is 19.8 Å². The number of nitriles is 1. The molecule has 152 valence electrons. The smallest absolute Gasteiger partial charge is 0.244 e. The van der Waals surface area contributed by atoms with Crippen LogP contribution in [0.2, 0.25) is 0 Å². The molecule has 0 spiro atoms. The Labute approximate surface area is 174 Å². The van der Waals surface area contributed by atoms with E-state index in [1.165, 1.54) is 0 Å². The maximum Gasteiger partial charge on any atom is 0.244 e. The van der Waals surface area contributed by atoms with Gasteiger partial charge in [0.25, 0.3) is 0 Å². The maximum atomic E-state index is 9.88. The lowest BCUT2D eigenvalue weighted by Gasteiger charge is -2.25. The summed E-state index contributed by atoms with van der Waals surface area (Å²) in [5.41, 5.74) is 9.63. The van der Waals surface area contributed by atoms with Crippen LogP contribution in [0.5, 0.6) is 17.4 Å². The van der Waals surface area contributed by atoms with E-state index in [1.54, 1.807) is 0 Å². The number of hydrogen-bond acceptors (Lipinski definition) is 6. The Kier molecular flexibility index (Phi) is 5.31. The lowest BCUT2D eigenvalue weighted by atomic mass is 9.82. The number of aromatic nitrogens is 2. The van der Waals surface area contributed by atoms with Crippen LogP contribution in [0.25, 0.3) is 11.3 Å². The molecule has 3 N–H and O–H groups in total. The number of para-hydroxylation sites is 1. The Morgan fingerprint density at radius 2 is 1.83 bits per heavy atom. The number of nitrogens with zero attached hydrogens (tertiary/aromatic N) is 2. The Hall–Kier alpha value is -3.92. The van der Waals surface area contributed by atoms with Crippen molar-refractivity contribution in [3.8, 4) is 34.7 Å². The van der Waals surface area contributed by atoms with Gasteiger partial charge in [0.15, 0.2) is 0 Å². The second-order valence-electron chi connectivity index (χ2n) is 6.67. The van der Waals surface area contributed by atoms with E-state index in [0.29, 0.717) is 30.4 Å². The molecule has 1 aliphatic heterocycles. The molecule has 4 rings (SSSR count). The van der Waals surface area contributed by atoms with Crippen molar-refractivity contribution in [3.05, 3.63) is 71.1 Å². The minimum Gasteiger partial charge on any atom is -0.494 e. The number of rotatable bonds is 6. The number of allylic oxidation sites excluding steroid dienone is 1. The predicted molar refractivity (Wildman–Crippen MR) is 112 cm³/mol. The number of hydrogen-bond donors (Lipinski definition) is 2. The standard InChI is InChI=1S/C23H22N4O3/c1-3-28-15-11-9-14(10-12-15)21-20-19(16-7-5-6-8-18(16)29-4-2)17(13-24)22(25)30-23(20)27-26-21/h5-12,19H,3-4,25H2,1-2H3,(H,26,27)/t19-/m0/s1. The quantitative estimate of drug-likeness (QED) is 0.643. The van der Waals surface area contributed by atoms with Gasteiger partial charge in [0.2, 0.25) is 11.8 Å². The first-order valence-electron chi connectivity index (χ1n) is 9.78. The zero-order chi connectivity index (χ0) is 21.1. The Morgan fingerprint density at radius 1 is 1.10 bits per heavy atom. The molecule has 1 aliphatic rings. The van der Waals surface area contributed by atoms with E-state index in [-0.39, 0.29) is 5.88 Å². The highest BCUT2D eigenvalue weighted by molar-refractivity contribution is 5.72. The van der Waals surface area contributed by atoms with E-state index < -0.39 is 5.92 Å². The van der Waals surface area contributed by atoms with Gasteiger partial charge in [0.1, 0.15) is 23.1 Å². The SMILES string of the molecule is CCOc1ccc(-c2[nH]nc3c2[C@@H](c2ccccc2OCC)C(C#N)=C(N)O3)cc1. The summed E-state index contributed by atoms with van der Waals surface area (Å²) < 4.78 is 17.1. The molecule has 0 unspecified atom stereocenters.